The van der Waals surface area contributed by atoms with Gasteiger partial charge in [-0.1, -0.05) is 19.1 Å². The summed E-state index contributed by atoms with van der Waals surface area (Å²) >= 11 is 0. The Labute approximate surface area is 146 Å². The maximum atomic E-state index is 13.6. The molecule has 1 atom stereocenters. The van der Waals surface area contributed by atoms with Crippen LogP contribution in [0.5, 0.6) is 0 Å². The fraction of sp³-hybridized carbons (Fsp3) is 0.421. The predicted molar refractivity (Wildman–Crippen MR) is 94.1 cm³/mol. The molecule has 0 amide bonds. The summed E-state index contributed by atoms with van der Waals surface area (Å²) in [6.45, 7) is 5.18. The first-order chi connectivity index (χ1) is 12.0. The number of aliphatic carboxylic acids is 1. The molecule has 0 spiro atoms. The van der Waals surface area contributed by atoms with Crippen LogP contribution < -0.4 is 4.90 Å². The minimum absolute atomic E-state index is 0.330. The Kier molecular flexibility index (Phi) is 4.97. The first kappa shape index (κ1) is 17.3. The molecule has 132 valence electrons. The number of anilines is 1. The number of aromatic nitrogens is 2. The monoisotopic (exact) mass is 343 g/mol. The number of rotatable bonds is 4. The van der Waals surface area contributed by atoms with Crippen molar-refractivity contribution in [2.24, 2.45) is 5.92 Å². The SMILES string of the molecule is CCc1c(C)nc(-c2cccc(F)c2)nc1N1CCCC(C(=O)O)C1. The second-order valence-corrected chi connectivity index (χ2v) is 6.42. The van der Waals surface area contributed by atoms with Gasteiger partial charge in [0, 0.05) is 29.9 Å². The summed E-state index contributed by atoms with van der Waals surface area (Å²) < 4.78 is 13.6. The first-order valence-corrected chi connectivity index (χ1v) is 8.60. The average Bonchev–Trinajstić information content (AvgIpc) is 2.61. The molecule has 1 N–H and O–H groups in total. The van der Waals surface area contributed by atoms with Crippen molar-refractivity contribution in [3.05, 3.63) is 41.3 Å². The van der Waals surface area contributed by atoms with Crippen molar-refractivity contribution >= 4 is 11.8 Å². The Morgan fingerprint density at radius 2 is 2.20 bits per heavy atom. The normalized spacial score (nSPS) is 17.6. The lowest BCUT2D eigenvalue weighted by atomic mass is 9.97. The van der Waals surface area contributed by atoms with E-state index >= 15 is 0 Å². The Bertz CT molecular complexity index is 794. The van der Waals surface area contributed by atoms with Crippen LogP contribution in [0.15, 0.2) is 24.3 Å². The smallest absolute Gasteiger partial charge is 0.308 e. The zero-order valence-corrected chi connectivity index (χ0v) is 14.5. The molecule has 1 aliphatic rings. The average molecular weight is 343 g/mol. The summed E-state index contributed by atoms with van der Waals surface area (Å²) in [5.41, 5.74) is 2.49. The highest BCUT2D eigenvalue weighted by atomic mass is 19.1. The molecule has 1 aromatic carbocycles. The van der Waals surface area contributed by atoms with Crippen molar-refractivity contribution in [3.8, 4) is 11.4 Å². The molecule has 25 heavy (non-hydrogen) atoms. The van der Waals surface area contributed by atoms with E-state index in [2.05, 4.69) is 9.97 Å². The Balaban J connectivity index is 2.04. The van der Waals surface area contributed by atoms with E-state index in [4.69, 9.17) is 0 Å². The van der Waals surface area contributed by atoms with Crippen molar-refractivity contribution < 1.29 is 14.3 Å². The molecular formula is C19H22FN3O2. The second-order valence-electron chi connectivity index (χ2n) is 6.42. The fourth-order valence-corrected chi connectivity index (χ4v) is 3.38. The van der Waals surface area contributed by atoms with Crippen molar-refractivity contribution in [2.45, 2.75) is 33.1 Å². The van der Waals surface area contributed by atoms with Crippen LogP contribution in [0, 0.1) is 18.7 Å². The van der Waals surface area contributed by atoms with E-state index in [1.807, 2.05) is 18.7 Å². The Hall–Kier alpha value is -2.50. The van der Waals surface area contributed by atoms with Crippen molar-refractivity contribution in [3.63, 3.8) is 0 Å². The van der Waals surface area contributed by atoms with Gasteiger partial charge in [-0.05, 0) is 38.3 Å². The van der Waals surface area contributed by atoms with Gasteiger partial charge in [-0.15, -0.1) is 0 Å². The van der Waals surface area contributed by atoms with E-state index in [0.717, 1.165) is 36.5 Å². The molecule has 0 saturated carbocycles. The summed E-state index contributed by atoms with van der Waals surface area (Å²) in [6, 6.07) is 6.22. The molecule has 1 aliphatic heterocycles. The largest absolute Gasteiger partial charge is 0.481 e. The van der Waals surface area contributed by atoms with E-state index in [1.165, 1.54) is 12.1 Å². The fourth-order valence-electron chi connectivity index (χ4n) is 3.38. The number of carboxylic acids is 1. The Morgan fingerprint density at radius 1 is 1.40 bits per heavy atom. The number of hydrogen-bond acceptors (Lipinski definition) is 4. The molecular weight excluding hydrogens is 321 g/mol. The minimum Gasteiger partial charge on any atom is -0.481 e. The highest BCUT2D eigenvalue weighted by Crippen LogP contribution is 2.29. The van der Waals surface area contributed by atoms with Gasteiger partial charge < -0.3 is 10.0 Å². The first-order valence-electron chi connectivity index (χ1n) is 8.60. The highest BCUT2D eigenvalue weighted by Gasteiger charge is 2.28. The zero-order chi connectivity index (χ0) is 18.0. The molecule has 6 heteroatoms. The van der Waals surface area contributed by atoms with Crippen LogP contribution in [-0.2, 0) is 11.2 Å². The maximum Gasteiger partial charge on any atom is 0.308 e. The molecule has 2 aromatic rings. The van der Waals surface area contributed by atoms with Crippen LogP contribution in [0.25, 0.3) is 11.4 Å². The summed E-state index contributed by atoms with van der Waals surface area (Å²) in [7, 11) is 0. The molecule has 1 unspecified atom stereocenters. The molecule has 1 aromatic heterocycles. The number of benzene rings is 1. The number of carbonyl (C=O) groups is 1. The van der Waals surface area contributed by atoms with E-state index in [9.17, 15) is 14.3 Å². The second kappa shape index (κ2) is 7.17. The van der Waals surface area contributed by atoms with Gasteiger partial charge in [0.15, 0.2) is 5.82 Å². The summed E-state index contributed by atoms with van der Waals surface area (Å²) in [5.74, 6) is -0.226. The van der Waals surface area contributed by atoms with Gasteiger partial charge in [0.1, 0.15) is 11.6 Å². The van der Waals surface area contributed by atoms with E-state index < -0.39 is 5.97 Å². The van der Waals surface area contributed by atoms with Crippen molar-refractivity contribution in [2.75, 3.05) is 18.0 Å². The van der Waals surface area contributed by atoms with Gasteiger partial charge in [-0.2, -0.15) is 0 Å². The highest BCUT2D eigenvalue weighted by molar-refractivity contribution is 5.71. The molecule has 0 radical (unpaired) electrons. The topological polar surface area (TPSA) is 66.3 Å². The van der Waals surface area contributed by atoms with E-state index in [1.54, 1.807) is 12.1 Å². The number of piperidine rings is 1. The molecule has 3 rings (SSSR count). The van der Waals surface area contributed by atoms with E-state index in [0.29, 0.717) is 24.4 Å². The third kappa shape index (κ3) is 3.62. The molecule has 0 bridgehead atoms. The lowest BCUT2D eigenvalue weighted by Crippen LogP contribution is -2.39. The molecule has 1 fully saturated rings. The summed E-state index contributed by atoms with van der Waals surface area (Å²) in [5, 5.41) is 9.35. The maximum absolute atomic E-state index is 13.6. The minimum atomic E-state index is -0.765. The van der Waals surface area contributed by atoms with Gasteiger partial charge >= 0.3 is 5.97 Å². The number of aryl methyl sites for hydroxylation is 1. The van der Waals surface area contributed by atoms with Crippen LogP contribution in [0.1, 0.15) is 31.0 Å². The van der Waals surface area contributed by atoms with Gasteiger partial charge in [0.2, 0.25) is 0 Å². The Morgan fingerprint density at radius 3 is 2.88 bits per heavy atom. The molecule has 1 saturated heterocycles. The number of nitrogens with zero attached hydrogens (tertiary/aromatic N) is 3. The van der Waals surface area contributed by atoms with E-state index in [-0.39, 0.29) is 11.7 Å². The van der Waals surface area contributed by atoms with Crippen LogP contribution in [0.4, 0.5) is 10.2 Å². The number of carboxylic acid groups (broad SMARTS) is 1. The summed E-state index contributed by atoms with van der Waals surface area (Å²) in [4.78, 5) is 22.7. The summed E-state index contributed by atoms with van der Waals surface area (Å²) in [6.07, 6.45) is 2.27. The van der Waals surface area contributed by atoms with Crippen LogP contribution in [0.2, 0.25) is 0 Å². The zero-order valence-electron chi connectivity index (χ0n) is 14.5. The molecule has 5 nitrogen and oxygen atoms in total. The predicted octanol–water partition coefficient (Wildman–Crippen LogP) is 3.45. The van der Waals surface area contributed by atoms with Crippen LogP contribution in [0.3, 0.4) is 0 Å². The standard InChI is InChI=1S/C19H22FN3O2/c1-3-16-12(2)21-17(13-6-4-8-15(20)10-13)22-18(16)23-9-5-7-14(11-23)19(24)25/h4,6,8,10,14H,3,5,7,9,11H2,1-2H3,(H,24,25). The van der Waals surface area contributed by atoms with Crippen LogP contribution >= 0.6 is 0 Å². The number of hydrogen-bond donors (Lipinski definition) is 1. The van der Waals surface area contributed by atoms with Crippen LogP contribution in [-0.4, -0.2) is 34.1 Å². The molecule has 0 aliphatic carbocycles. The van der Waals surface area contributed by atoms with Gasteiger partial charge in [0.25, 0.3) is 0 Å². The number of halogens is 1. The van der Waals surface area contributed by atoms with Crippen molar-refractivity contribution in [1.82, 2.24) is 9.97 Å². The van der Waals surface area contributed by atoms with Gasteiger partial charge in [-0.3, -0.25) is 4.79 Å². The quantitative estimate of drug-likeness (QED) is 0.921. The van der Waals surface area contributed by atoms with Gasteiger partial charge in [0.05, 0.1) is 5.92 Å². The van der Waals surface area contributed by atoms with Gasteiger partial charge in [-0.25, -0.2) is 14.4 Å². The third-order valence-electron chi connectivity index (χ3n) is 4.70. The lowest BCUT2D eigenvalue weighted by Gasteiger charge is -2.33. The molecule has 2 heterocycles. The lowest BCUT2D eigenvalue weighted by molar-refractivity contribution is -0.141. The third-order valence-corrected chi connectivity index (χ3v) is 4.70. The van der Waals surface area contributed by atoms with Crippen molar-refractivity contribution in [1.29, 1.82) is 0 Å².